The van der Waals surface area contributed by atoms with E-state index < -0.39 is 0 Å². The molecule has 0 atom stereocenters. The summed E-state index contributed by atoms with van der Waals surface area (Å²) in [6.07, 6.45) is 0. The molecular weight excluding hydrogens is 294 g/mol. The van der Waals surface area contributed by atoms with Gasteiger partial charge in [0.2, 0.25) is 0 Å². The van der Waals surface area contributed by atoms with E-state index in [0.29, 0.717) is 28.4 Å². The fourth-order valence-corrected chi connectivity index (χ4v) is 1.98. The van der Waals surface area contributed by atoms with Crippen LogP contribution in [0.3, 0.4) is 0 Å². The number of nitrogen functional groups attached to an aromatic ring is 1. The summed E-state index contributed by atoms with van der Waals surface area (Å²) in [5.41, 5.74) is 7.39. The van der Waals surface area contributed by atoms with Crippen molar-refractivity contribution in [1.29, 1.82) is 0 Å². The van der Waals surface area contributed by atoms with Crippen molar-refractivity contribution in [2.45, 2.75) is 26.5 Å². The van der Waals surface area contributed by atoms with Crippen LogP contribution in [-0.2, 0) is 6.61 Å². The molecule has 2 aromatic rings. The van der Waals surface area contributed by atoms with E-state index in [2.05, 4.69) is 10.6 Å². The Morgan fingerprint density at radius 1 is 1.17 bits per heavy atom. The molecule has 0 aliphatic carbocycles. The molecule has 0 bridgehead atoms. The number of carbonyl (C=O) groups excluding carboxylic acids is 1. The van der Waals surface area contributed by atoms with Gasteiger partial charge in [-0.1, -0.05) is 0 Å². The third kappa shape index (κ3) is 4.89. The summed E-state index contributed by atoms with van der Waals surface area (Å²) in [7, 11) is 0. The molecule has 6 heteroatoms. The number of ether oxygens (including phenoxy) is 1. The number of urea groups is 1. The number of anilines is 2. The van der Waals surface area contributed by atoms with Gasteiger partial charge in [-0.25, -0.2) is 4.79 Å². The SMILES string of the molecule is CC(C)NC(=O)Nc1ccc(Oc2ccc(N)cc2)cc1CO. The van der Waals surface area contributed by atoms with Crippen LogP contribution in [0.15, 0.2) is 42.5 Å². The van der Waals surface area contributed by atoms with Crippen LogP contribution in [0.5, 0.6) is 11.5 Å². The van der Waals surface area contributed by atoms with E-state index in [4.69, 9.17) is 10.5 Å². The van der Waals surface area contributed by atoms with Gasteiger partial charge in [0.15, 0.2) is 0 Å². The quantitative estimate of drug-likeness (QED) is 0.637. The molecule has 2 aromatic carbocycles. The fourth-order valence-electron chi connectivity index (χ4n) is 1.98. The third-order valence-electron chi connectivity index (χ3n) is 3.03. The maximum atomic E-state index is 11.8. The Morgan fingerprint density at radius 3 is 2.43 bits per heavy atom. The first kappa shape index (κ1) is 16.6. The summed E-state index contributed by atoms with van der Waals surface area (Å²) in [5, 5.41) is 14.9. The second-order valence-electron chi connectivity index (χ2n) is 5.40. The largest absolute Gasteiger partial charge is 0.457 e. The molecule has 23 heavy (non-hydrogen) atoms. The Kier molecular flexibility index (Phi) is 5.43. The van der Waals surface area contributed by atoms with Gasteiger partial charge in [-0.05, 0) is 56.3 Å². The van der Waals surface area contributed by atoms with E-state index in [1.165, 1.54) is 0 Å². The van der Waals surface area contributed by atoms with Crippen LogP contribution in [0.4, 0.5) is 16.2 Å². The first-order chi connectivity index (χ1) is 11.0. The molecule has 0 saturated carbocycles. The molecule has 2 rings (SSSR count). The third-order valence-corrected chi connectivity index (χ3v) is 3.03. The van der Waals surface area contributed by atoms with Gasteiger partial charge in [-0.2, -0.15) is 0 Å². The summed E-state index contributed by atoms with van der Waals surface area (Å²) < 4.78 is 5.71. The molecule has 0 spiro atoms. The van der Waals surface area contributed by atoms with Crippen LogP contribution in [0.25, 0.3) is 0 Å². The lowest BCUT2D eigenvalue weighted by molar-refractivity contribution is 0.250. The molecule has 5 N–H and O–H groups in total. The van der Waals surface area contributed by atoms with Gasteiger partial charge in [0.25, 0.3) is 0 Å². The zero-order chi connectivity index (χ0) is 16.8. The van der Waals surface area contributed by atoms with Crippen molar-refractivity contribution in [2.75, 3.05) is 11.1 Å². The summed E-state index contributed by atoms with van der Waals surface area (Å²) in [5.74, 6) is 1.20. The highest BCUT2D eigenvalue weighted by atomic mass is 16.5. The van der Waals surface area contributed by atoms with Crippen molar-refractivity contribution in [3.8, 4) is 11.5 Å². The highest BCUT2D eigenvalue weighted by molar-refractivity contribution is 5.90. The van der Waals surface area contributed by atoms with Crippen molar-refractivity contribution in [2.24, 2.45) is 0 Å². The van der Waals surface area contributed by atoms with Crippen LogP contribution < -0.4 is 21.1 Å². The van der Waals surface area contributed by atoms with E-state index in [1.54, 1.807) is 42.5 Å². The van der Waals surface area contributed by atoms with Crippen LogP contribution in [0.1, 0.15) is 19.4 Å². The Hall–Kier alpha value is -2.73. The zero-order valence-electron chi connectivity index (χ0n) is 13.2. The standard InChI is InChI=1S/C17H21N3O3/c1-11(2)19-17(22)20-16-8-7-15(9-12(16)10-21)23-14-5-3-13(18)4-6-14/h3-9,11,21H,10,18H2,1-2H3,(H2,19,20,22). The average molecular weight is 315 g/mol. The normalized spacial score (nSPS) is 10.4. The van der Waals surface area contributed by atoms with Gasteiger partial charge in [0.1, 0.15) is 11.5 Å². The molecule has 0 heterocycles. The number of aliphatic hydroxyl groups is 1. The van der Waals surface area contributed by atoms with Crippen LogP contribution in [0, 0.1) is 0 Å². The predicted molar refractivity (Wildman–Crippen MR) is 90.6 cm³/mol. The minimum Gasteiger partial charge on any atom is -0.457 e. The molecule has 0 fully saturated rings. The van der Waals surface area contributed by atoms with Gasteiger partial charge in [0.05, 0.1) is 6.61 Å². The minimum atomic E-state index is -0.318. The molecule has 0 aromatic heterocycles. The number of rotatable bonds is 5. The smallest absolute Gasteiger partial charge is 0.319 e. The second-order valence-corrected chi connectivity index (χ2v) is 5.40. The number of benzene rings is 2. The number of nitrogens with one attached hydrogen (secondary N) is 2. The molecule has 0 radical (unpaired) electrons. The van der Waals surface area contributed by atoms with Gasteiger partial charge in [-0.3, -0.25) is 0 Å². The van der Waals surface area contributed by atoms with E-state index >= 15 is 0 Å². The summed E-state index contributed by atoms with van der Waals surface area (Å²) in [4.78, 5) is 11.8. The lowest BCUT2D eigenvalue weighted by atomic mass is 10.1. The summed E-state index contributed by atoms with van der Waals surface area (Å²) in [6.45, 7) is 3.53. The van der Waals surface area contributed by atoms with Crippen molar-refractivity contribution in [3.05, 3.63) is 48.0 Å². The number of hydrogen-bond donors (Lipinski definition) is 4. The number of carbonyl (C=O) groups is 1. The number of aliphatic hydroxyl groups excluding tert-OH is 1. The highest BCUT2D eigenvalue weighted by Crippen LogP contribution is 2.27. The zero-order valence-corrected chi connectivity index (χ0v) is 13.2. The van der Waals surface area contributed by atoms with E-state index in [-0.39, 0.29) is 18.7 Å². The molecule has 0 aliphatic heterocycles. The molecule has 0 saturated heterocycles. The average Bonchev–Trinajstić information content (AvgIpc) is 2.50. The first-order valence-electron chi connectivity index (χ1n) is 7.32. The van der Waals surface area contributed by atoms with Gasteiger partial charge >= 0.3 is 6.03 Å². The Morgan fingerprint density at radius 2 is 1.83 bits per heavy atom. The summed E-state index contributed by atoms with van der Waals surface area (Å²) in [6, 6.07) is 11.8. The van der Waals surface area contributed by atoms with Crippen LogP contribution in [0.2, 0.25) is 0 Å². The molecule has 0 unspecified atom stereocenters. The van der Waals surface area contributed by atoms with Gasteiger partial charge < -0.3 is 26.2 Å². The highest BCUT2D eigenvalue weighted by Gasteiger charge is 2.09. The Balaban J connectivity index is 2.12. The van der Waals surface area contributed by atoms with Gasteiger partial charge in [0, 0.05) is 23.0 Å². The second kappa shape index (κ2) is 7.51. The van der Waals surface area contributed by atoms with E-state index in [1.807, 2.05) is 13.8 Å². The van der Waals surface area contributed by atoms with E-state index in [0.717, 1.165) is 0 Å². The maximum Gasteiger partial charge on any atom is 0.319 e. The molecular formula is C17H21N3O3. The Bertz CT molecular complexity index is 669. The monoisotopic (exact) mass is 315 g/mol. The van der Waals surface area contributed by atoms with E-state index in [9.17, 15) is 9.90 Å². The molecule has 6 nitrogen and oxygen atoms in total. The first-order valence-corrected chi connectivity index (χ1v) is 7.32. The summed E-state index contributed by atoms with van der Waals surface area (Å²) >= 11 is 0. The Labute approximate surface area is 135 Å². The number of amides is 2. The molecule has 122 valence electrons. The fraction of sp³-hybridized carbons (Fsp3) is 0.235. The lowest BCUT2D eigenvalue weighted by Crippen LogP contribution is -2.34. The van der Waals surface area contributed by atoms with Crippen molar-refractivity contribution in [3.63, 3.8) is 0 Å². The maximum absolute atomic E-state index is 11.8. The van der Waals surface area contributed by atoms with Crippen LogP contribution >= 0.6 is 0 Å². The van der Waals surface area contributed by atoms with Crippen molar-refractivity contribution < 1.29 is 14.6 Å². The van der Waals surface area contributed by atoms with Crippen molar-refractivity contribution >= 4 is 17.4 Å². The number of nitrogens with two attached hydrogens (primary N) is 1. The lowest BCUT2D eigenvalue weighted by Gasteiger charge is -2.14. The van der Waals surface area contributed by atoms with Crippen molar-refractivity contribution in [1.82, 2.24) is 5.32 Å². The van der Waals surface area contributed by atoms with Crippen LogP contribution in [-0.4, -0.2) is 17.2 Å². The minimum absolute atomic E-state index is 0.0284. The topological polar surface area (TPSA) is 96.6 Å². The molecule has 2 amide bonds. The van der Waals surface area contributed by atoms with Gasteiger partial charge in [-0.15, -0.1) is 0 Å². The number of hydrogen-bond acceptors (Lipinski definition) is 4. The predicted octanol–water partition coefficient (Wildman–Crippen LogP) is 3.08. The molecule has 0 aliphatic rings.